The third kappa shape index (κ3) is 5.79. The summed E-state index contributed by atoms with van der Waals surface area (Å²) in [5.74, 6) is -0.0367. The zero-order chi connectivity index (χ0) is 28.6. The number of aliphatic hydroxyl groups is 1. The summed E-state index contributed by atoms with van der Waals surface area (Å²) in [6.07, 6.45) is 5.88. The van der Waals surface area contributed by atoms with E-state index < -0.39 is 11.9 Å². The number of alkyl halides is 3. The minimum Gasteiger partial charge on any atom is -0.474 e. The number of nitrogens with zero attached hydrogens (tertiary/aromatic N) is 6. The Bertz CT molecular complexity index is 1490. The van der Waals surface area contributed by atoms with Gasteiger partial charge < -0.3 is 25.5 Å². The molecule has 5 heterocycles. The Kier molecular flexibility index (Phi) is 7.43. The maximum atomic E-state index is 13.3. The summed E-state index contributed by atoms with van der Waals surface area (Å²) >= 11 is 0. The van der Waals surface area contributed by atoms with Crippen LogP contribution in [0.1, 0.15) is 36.9 Å². The van der Waals surface area contributed by atoms with Crippen LogP contribution < -0.4 is 10.5 Å². The molecule has 0 atom stereocenters. The van der Waals surface area contributed by atoms with E-state index in [0.29, 0.717) is 31.0 Å². The highest BCUT2D eigenvalue weighted by Gasteiger charge is 2.46. The molecule has 218 valence electrons. The number of fused-ring (bicyclic) bond motifs is 1. The molecule has 0 radical (unpaired) electrons. The van der Waals surface area contributed by atoms with Gasteiger partial charge in [0, 0.05) is 67.1 Å². The lowest BCUT2D eigenvalue weighted by Gasteiger charge is -2.52. The van der Waals surface area contributed by atoms with Gasteiger partial charge in [0.25, 0.3) is 0 Å². The van der Waals surface area contributed by atoms with Gasteiger partial charge in [-0.15, -0.1) is 0 Å². The first kappa shape index (κ1) is 27.6. The van der Waals surface area contributed by atoms with Gasteiger partial charge in [-0.1, -0.05) is 0 Å². The maximum absolute atomic E-state index is 13.3. The number of aliphatic hydroxyl groups excluding tert-OH is 1. The molecule has 4 aromatic rings. The third-order valence-corrected chi connectivity index (χ3v) is 8.36. The van der Waals surface area contributed by atoms with Crippen LogP contribution in [-0.2, 0) is 19.1 Å². The molecule has 6 rings (SSSR count). The largest absolute Gasteiger partial charge is 0.474 e. The molecule has 0 spiro atoms. The van der Waals surface area contributed by atoms with E-state index in [-0.39, 0.29) is 30.4 Å². The number of aromatic amines is 1. The van der Waals surface area contributed by atoms with Crippen molar-refractivity contribution in [2.75, 3.05) is 26.2 Å². The summed E-state index contributed by atoms with van der Waals surface area (Å²) in [7, 11) is 0. The number of aromatic nitrogens is 6. The van der Waals surface area contributed by atoms with E-state index in [1.807, 2.05) is 29.3 Å². The molecule has 2 aliphatic rings. The number of halogens is 3. The molecule has 1 saturated heterocycles. The lowest BCUT2D eigenvalue weighted by molar-refractivity contribution is -0.141. The van der Waals surface area contributed by atoms with Gasteiger partial charge in [0.15, 0.2) is 0 Å². The van der Waals surface area contributed by atoms with Crippen LogP contribution in [0.15, 0.2) is 43.1 Å². The molecule has 0 aromatic carbocycles. The summed E-state index contributed by atoms with van der Waals surface area (Å²) in [6.45, 7) is 2.63. The van der Waals surface area contributed by atoms with E-state index in [0.717, 1.165) is 60.8 Å². The summed E-state index contributed by atoms with van der Waals surface area (Å²) in [4.78, 5) is 17.9. The molecule has 1 aliphatic carbocycles. The van der Waals surface area contributed by atoms with E-state index >= 15 is 0 Å². The predicted octanol–water partition coefficient (Wildman–Crippen LogP) is 3.42. The van der Waals surface area contributed by atoms with E-state index in [1.54, 1.807) is 6.33 Å². The molecular formula is C28H33F3N8O2. The van der Waals surface area contributed by atoms with Crippen LogP contribution in [0, 0.1) is 5.41 Å². The molecule has 10 nitrogen and oxygen atoms in total. The maximum Gasteiger partial charge on any atom is 0.433 e. The number of likely N-dealkylation sites (tertiary alicyclic amines) is 1. The predicted molar refractivity (Wildman–Crippen MR) is 145 cm³/mol. The summed E-state index contributed by atoms with van der Waals surface area (Å²) in [5.41, 5.74) is 8.14. The van der Waals surface area contributed by atoms with E-state index in [4.69, 9.17) is 10.5 Å². The van der Waals surface area contributed by atoms with Crippen molar-refractivity contribution < 1.29 is 23.0 Å². The second-order valence-corrected chi connectivity index (χ2v) is 11.2. The number of nitrogens with two attached hydrogens (primary N) is 1. The minimum atomic E-state index is -4.57. The molecule has 1 aliphatic heterocycles. The Balaban J connectivity index is 1.03. The fraction of sp³-hybridized carbons (Fsp3) is 0.500. The molecule has 0 unspecified atom stereocenters. The first-order chi connectivity index (χ1) is 19.7. The molecule has 41 heavy (non-hydrogen) atoms. The van der Waals surface area contributed by atoms with Gasteiger partial charge in [-0.3, -0.25) is 4.68 Å². The van der Waals surface area contributed by atoms with Crippen molar-refractivity contribution in [3.63, 3.8) is 0 Å². The van der Waals surface area contributed by atoms with Gasteiger partial charge in [-0.25, -0.2) is 15.0 Å². The number of hydrogen-bond donors (Lipinski definition) is 3. The minimum absolute atomic E-state index is 0.0367. The van der Waals surface area contributed by atoms with Crippen LogP contribution >= 0.6 is 0 Å². The number of pyridine rings is 1. The molecule has 0 amide bonds. The third-order valence-electron chi connectivity index (χ3n) is 8.36. The highest BCUT2D eigenvalue weighted by molar-refractivity contribution is 5.89. The van der Waals surface area contributed by atoms with Crippen molar-refractivity contribution in [1.29, 1.82) is 0 Å². The van der Waals surface area contributed by atoms with Crippen LogP contribution in [0.4, 0.5) is 13.2 Å². The lowest BCUT2D eigenvalue weighted by Crippen LogP contribution is -2.57. The highest BCUT2D eigenvalue weighted by atomic mass is 19.4. The lowest BCUT2D eigenvalue weighted by atomic mass is 9.64. The van der Waals surface area contributed by atoms with Gasteiger partial charge in [0.1, 0.15) is 23.8 Å². The summed E-state index contributed by atoms with van der Waals surface area (Å²) < 4.78 is 47.7. The molecule has 0 bridgehead atoms. The van der Waals surface area contributed by atoms with Crippen LogP contribution in [0.3, 0.4) is 0 Å². The van der Waals surface area contributed by atoms with Crippen molar-refractivity contribution in [3.05, 3.63) is 54.4 Å². The van der Waals surface area contributed by atoms with Gasteiger partial charge in [-0.2, -0.15) is 18.3 Å². The molecule has 1 saturated carbocycles. The standard InChI is InChI=1S/C28H33F3N8O2/c29-28(30,31)23-9-18(4-8-40)10-24(37-23)41-21-2-6-38(7-3-21)20-11-27(12-20,15-32)16-39-14-19(13-36-39)25-22-1-5-33-26(22)35-17-34-25/h1,5,9-10,13-14,17,20-21,40H,2-4,6-8,11-12,15-16,32H2,(H,33,34,35). The number of H-pyrrole nitrogens is 1. The second kappa shape index (κ2) is 11.0. The molecule has 4 N–H and O–H groups in total. The monoisotopic (exact) mass is 570 g/mol. The molecular weight excluding hydrogens is 537 g/mol. The Morgan fingerprint density at radius 1 is 1.17 bits per heavy atom. The smallest absolute Gasteiger partial charge is 0.433 e. The Labute approximate surface area is 234 Å². The van der Waals surface area contributed by atoms with Gasteiger partial charge in [-0.05, 0) is 56.3 Å². The van der Waals surface area contributed by atoms with E-state index in [9.17, 15) is 18.3 Å². The topological polar surface area (TPSA) is 131 Å². The van der Waals surface area contributed by atoms with E-state index in [2.05, 4.69) is 29.9 Å². The van der Waals surface area contributed by atoms with Gasteiger partial charge >= 0.3 is 6.18 Å². The van der Waals surface area contributed by atoms with Crippen LogP contribution in [0.5, 0.6) is 5.88 Å². The molecule has 4 aromatic heterocycles. The van der Waals surface area contributed by atoms with E-state index in [1.165, 1.54) is 6.07 Å². The fourth-order valence-electron chi connectivity index (χ4n) is 6.14. The highest BCUT2D eigenvalue weighted by Crippen LogP contribution is 2.45. The van der Waals surface area contributed by atoms with Crippen molar-refractivity contribution in [3.8, 4) is 17.1 Å². The summed E-state index contributed by atoms with van der Waals surface area (Å²) in [5, 5.41) is 14.7. The number of hydrogen-bond acceptors (Lipinski definition) is 8. The van der Waals surface area contributed by atoms with Crippen molar-refractivity contribution in [1.82, 2.24) is 34.6 Å². The first-order valence-corrected chi connectivity index (χ1v) is 13.9. The van der Waals surface area contributed by atoms with Gasteiger partial charge in [0.05, 0.1) is 11.9 Å². The Morgan fingerprint density at radius 2 is 1.98 bits per heavy atom. The van der Waals surface area contributed by atoms with Crippen LogP contribution in [-0.4, -0.2) is 78.1 Å². The Morgan fingerprint density at radius 3 is 2.71 bits per heavy atom. The quantitative estimate of drug-likeness (QED) is 0.279. The first-order valence-electron chi connectivity index (χ1n) is 13.9. The molecule has 13 heteroatoms. The normalized spacial score (nSPS) is 22.2. The zero-order valence-corrected chi connectivity index (χ0v) is 22.5. The van der Waals surface area contributed by atoms with Crippen LogP contribution in [0.2, 0.25) is 0 Å². The number of rotatable bonds is 9. The number of nitrogens with one attached hydrogen (secondary N) is 1. The van der Waals surface area contributed by atoms with Crippen LogP contribution in [0.25, 0.3) is 22.3 Å². The van der Waals surface area contributed by atoms with Crippen molar-refractivity contribution in [2.45, 2.75) is 57.0 Å². The molecule has 2 fully saturated rings. The average molecular weight is 571 g/mol. The number of piperidine rings is 1. The Hall–Kier alpha value is -3.55. The average Bonchev–Trinajstić information content (AvgIpc) is 3.60. The van der Waals surface area contributed by atoms with Gasteiger partial charge in [0.2, 0.25) is 5.88 Å². The summed E-state index contributed by atoms with van der Waals surface area (Å²) in [6, 6.07) is 4.82. The fourth-order valence-corrected chi connectivity index (χ4v) is 6.14. The zero-order valence-electron chi connectivity index (χ0n) is 22.5. The SMILES string of the molecule is NCC1(Cn2cc(-c3ncnc4[nH]ccc34)cn2)CC(N2CCC(Oc3cc(CCO)cc(C(F)(F)F)n3)CC2)C1. The van der Waals surface area contributed by atoms with Crippen molar-refractivity contribution in [2.24, 2.45) is 11.1 Å². The number of ether oxygens (including phenoxy) is 1. The van der Waals surface area contributed by atoms with Crippen molar-refractivity contribution >= 4 is 11.0 Å². The second-order valence-electron chi connectivity index (χ2n) is 11.2.